The molecule has 1 atom stereocenters. The van der Waals surface area contributed by atoms with Gasteiger partial charge in [0.15, 0.2) is 0 Å². The van der Waals surface area contributed by atoms with E-state index in [0.29, 0.717) is 0 Å². The van der Waals surface area contributed by atoms with Crippen LogP contribution in [-0.2, 0) is 5.41 Å². The van der Waals surface area contributed by atoms with Gasteiger partial charge in [0.05, 0.1) is 22.1 Å². The van der Waals surface area contributed by atoms with Gasteiger partial charge >= 0.3 is 0 Å². The summed E-state index contributed by atoms with van der Waals surface area (Å²) in [7, 11) is 0. The molecule has 64 heavy (non-hydrogen) atoms. The molecule has 0 N–H and O–H groups in total. The molecule has 0 amide bonds. The lowest BCUT2D eigenvalue weighted by atomic mass is 9.70. The van der Waals surface area contributed by atoms with Crippen LogP contribution in [0.1, 0.15) is 44.9 Å². The topological polar surface area (TPSA) is 8.17 Å². The van der Waals surface area contributed by atoms with Crippen molar-refractivity contribution in [1.82, 2.24) is 4.57 Å². The summed E-state index contributed by atoms with van der Waals surface area (Å²) in [6.07, 6.45) is 0. The van der Waals surface area contributed by atoms with Gasteiger partial charge in [0.25, 0.3) is 0 Å². The molecule has 1 spiro atoms. The fourth-order valence-corrected chi connectivity index (χ4v) is 12.0. The summed E-state index contributed by atoms with van der Waals surface area (Å²) in [5.41, 5.74) is 23.5. The molecule has 0 aliphatic heterocycles. The molecule has 0 saturated heterocycles. The highest BCUT2D eigenvalue weighted by Gasteiger charge is 2.53. The minimum Gasteiger partial charge on any atom is -0.310 e. The molecule has 0 saturated carbocycles. The molecule has 0 bridgehead atoms. The number of benzene rings is 10. The summed E-state index contributed by atoms with van der Waals surface area (Å²) in [6, 6.07) is 88.5. The first kappa shape index (κ1) is 35.4. The maximum Gasteiger partial charge on any atom is 0.0746 e. The van der Waals surface area contributed by atoms with Gasteiger partial charge in [-0.15, -0.1) is 0 Å². The van der Waals surface area contributed by atoms with Crippen LogP contribution in [-0.4, -0.2) is 4.57 Å². The van der Waals surface area contributed by atoms with Crippen LogP contribution in [0.2, 0.25) is 0 Å². The molecule has 3 aliphatic carbocycles. The number of hydrogen-bond acceptors (Lipinski definition) is 1. The zero-order valence-electron chi connectivity index (χ0n) is 35.0. The minimum atomic E-state index is -0.531. The predicted molar refractivity (Wildman–Crippen MR) is 265 cm³/mol. The van der Waals surface area contributed by atoms with Crippen molar-refractivity contribution < 1.29 is 0 Å². The van der Waals surface area contributed by atoms with Crippen LogP contribution in [0.15, 0.2) is 237 Å². The van der Waals surface area contributed by atoms with Gasteiger partial charge in [-0.3, -0.25) is 0 Å². The summed E-state index contributed by atoms with van der Waals surface area (Å²) in [6.45, 7) is 0. The Labute approximate surface area is 372 Å². The van der Waals surface area contributed by atoms with Crippen LogP contribution in [0.3, 0.4) is 0 Å². The lowest BCUT2D eigenvalue weighted by Crippen LogP contribution is -2.28. The molecule has 2 nitrogen and oxygen atoms in total. The van der Waals surface area contributed by atoms with Gasteiger partial charge < -0.3 is 9.47 Å². The molecule has 0 fully saturated rings. The number of hydrogen-bond donors (Lipinski definition) is 0. The van der Waals surface area contributed by atoms with Crippen LogP contribution in [0.5, 0.6) is 0 Å². The number of nitrogens with zero attached hydrogens (tertiary/aromatic N) is 2. The smallest absolute Gasteiger partial charge is 0.0746 e. The average molecular weight is 813 g/mol. The van der Waals surface area contributed by atoms with Crippen molar-refractivity contribution >= 4 is 38.9 Å². The normalized spacial score (nSPS) is 14.5. The van der Waals surface area contributed by atoms with E-state index in [4.69, 9.17) is 0 Å². The molecular weight excluding hydrogens is 773 g/mol. The van der Waals surface area contributed by atoms with Crippen LogP contribution >= 0.6 is 0 Å². The SMILES string of the molecule is c1ccc(C2c3ccccc3-c3ccc(N(c4ccc5c6ccccc6n(-c6ccccc6)c5c4)c4cccc5c4C4(c6ccccc6-c6ccccc64)c4ccccc4-5)cc32)cc1. The Morgan fingerprint density at radius 1 is 0.359 bits per heavy atom. The molecule has 1 heterocycles. The Kier molecular flexibility index (Phi) is 7.41. The Bertz CT molecular complexity index is 3630. The molecule has 1 aromatic heterocycles. The monoisotopic (exact) mass is 812 g/mol. The van der Waals surface area contributed by atoms with E-state index in [0.717, 1.165) is 17.1 Å². The van der Waals surface area contributed by atoms with Crippen molar-refractivity contribution in [2.45, 2.75) is 11.3 Å². The number of anilines is 3. The average Bonchev–Trinajstić information content (AvgIpc) is 4.07. The predicted octanol–water partition coefficient (Wildman–Crippen LogP) is 15.8. The van der Waals surface area contributed by atoms with Crippen LogP contribution in [0.25, 0.3) is 60.9 Å². The number of aromatic nitrogens is 1. The molecule has 298 valence electrons. The van der Waals surface area contributed by atoms with E-state index in [1.54, 1.807) is 0 Å². The highest BCUT2D eigenvalue weighted by molar-refractivity contribution is 6.11. The van der Waals surface area contributed by atoms with Gasteiger partial charge in [0.1, 0.15) is 0 Å². The van der Waals surface area contributed by atoms with Crippen molar-refractivity contribution in [1.29, 1.82) is 0 Å². The summed E-state index contributed by atoms with van der Waals surface area (Å²) in [5, 5.41) is 2.48. The minimum absolute atomic E-state index is 0.114. The van der Waals surface area contributed by atoms with Gasteiger partial charge in [0.2, 0.25) is 0 Å². The van der Waals surface area contributed by atoms with E-state index in [9.17, 15) is 0 Å². The van der Waals surface area contributed by atoms with Crippen LogP contribution < -0.4 is 4.90 Å². The molecule has 3 aliphatic rings. The fraction of sp³-hybridized carbons (Fsp3) is 0.0323. The van der Waals surface area contributed by atoms with Crippen molar-refractivity contribution in [2.24, 2.45) is 0 Å². The Morgan fingerprint density at radius 2 is 0.891 bits per heavy atom. The third kappa shape index (κ3) is 4.69. The molecule has 1 unspecified atom stereocenters. The third-order valence-corrected chi connectivity index (χ3v) is 14.5. The standard InChI is InChI=1S/C62H40N2/c1-3-18-40(19-4-1)60-51-27-8-7-22-44(51)45-36-34-42(38-53(45)60)63(43-35-37-50-49-26-12-16-32-57(49)64(59(50)39-43)41-20-5-2-6-21-41)58-33-17-28-52-48-25-11-15-31-56(48)62(61(52)58)54-29-13-9-23-46(54)47-24-10-14-30-55(47)62/h1-39,60H. The molecule has 10 aromatic carbocycles. The summed E-state index contributed by atoms with van der Waals surface area (Å²) in [5.74, 6) is 0.114. The number of fused-ring (bicyclic) bond motifs is 16. The molecule has 0 radical (unpaired) electrons. The van der Waals surface area contributed by atoms with Gasteiger partial charge in [-0.05, 0) is 115 Å². The largest absolute Gasteiger partial charge is 0.310 e. The second-order valence-electron chi connectivity index (χ2n) is 17.5. The number of rotatable bonds is 5. The zero-order chi connectivity index (χ0) is 41.9. The first-order valence-electron chi connectivity index (χ1n) is 22.4. The van der Waals surface area contributed by atoms with Gasteiger partial charge in [0, 0.05) is 39.3 Å². The quantitative estimate of drug-likeness (QED) is 0.168. The molecular formula is C62H40N2. The second kappa shape index (κ2) is 13.4. The van der Waals surface area contributed by atoms with Crippen molar-refractivity contribution in [3.05, 3.63) is 276 Å². The van der Waals surface area contributed by atoms with Crippen molar-refractivity contribution in [2.75, 3.05) is 4.90 Å². The van der Waals surface area contributed by atoms with E-state index >= 15 is 0 Å². The van der Waals surface area contributed by atoms with E-state index in [2.05, 4.69) is 246 Å². The second-order valence-corrected chi connectivity index (χ2v) is 17.5. The number of para-hydroxylation sites is 2. The third-order valence-electron chi connectivity index (χ3n) is 14.5. The first-order chi connectivity index (χ1) is 31.8. The van der Waals surface area contributed by atoms with E-state index in [1.165, 1.54) is 99.8 Å². The van der Waals surface area contributed by atoms with E-state index in [1.807, 2.05) is 0 Å². The van der Waals surface area contributed by atoms with Gasteiger partial charge in [-0.1, -0.05) is 188 Å². The van der Waals surface area contributed by atoms with Gasteiger partial charge in [-0.25, -0.2) is 0 Å². The van der Waals surface area contributed by atoms with E-state index in [-0.39, 0.29) is 5.92 Å². The van der Waals surface area contributed by atoms with E-state index < -0.39 is 5.41 Å². The lowest BCUT2D eigenvalue weighted by molar-refractivity contribution is 0.793. The summed E-state index contributed by atoms with van der Waals surface area (Å²) >= 11 is 0. The Morgan fingerprint density at radius 3 is 1.62 bits per heavy atom. The highest BCUT2D eigenvalue weighted by atomic mass is 15.1. The van der Waals surface area contributed by atoms with Crippen molar-refractivity contribution in [3.8, 4) is 39.1 Å². The van der Waals surface area contributed by atoms with Crippen LogP contribution in [0.4, 0.5) is 17.1 Å². The first-order valence-corrected chi connectivity index (χ1v) is 22.4. The van der Waals surface area contributed by atoms with Crippen LogP contribution in [0, 0.1) is 0 Å². The molecule has 11 aromatic rings. The maximum absolute atomic E-state index is 2.58. The van der Waals surface area contributed by atoms with Crippen molar-refractivity contribution in [3.63, 3.8) is 0 Å². The molecule has 14 rings (SSSR count). The fourth-order valence-electron chi connectivity index (χ4n) is 12.0. The maximum atomic E-state index is 2.58. The summed E-state index contributed by atoms with van der Waals surface area (Å²) in [4.78, 5) is 2.58. The Hall–Kier alpha value is -8.20. The Balaban J connectivity index is 1.09. The summed E-state index contributed by atoms with van der Waals surface area (Å²) < 4.78 is 2.44. The lowest BCUT2D eigenvalue weighted by Gasteiger charge is -2.36. The highest BCUT2D eigenvalue weighted by Crippen LogP contribution is 2.65. The zero-order valence-corrected chi connectivity index (χ0v) is 35.0. The van der Waals surface area contributed by atoms with Gasteiger partial charge in [-0.2, -0.15) is 0 Å². The molecule has 2 heteroatoms.